The molecule has 1 aromatic heterocycles. The minimum absolute atomic E-state index is 0.182. The van der Waals surface area contributed by atoms with Gasteiger partial charge in [0.1, 0.15) is 5.82 Å². The lowest BCUT2D eigenvalue weighted by Gasteiger charge is -2.23. The molecule has 0 spiro atoms. The minimum atomic E-state index is -3.84. The van der Waals surface area contributed by atoms with Crippen molar-refractivity contribution in [3.05, 3.63) is 77.8 Å². The van der Waals surface area contributed by atoms with Crippen molar-refractivity contribution in [2.75, 3.05) is 13.1 Å². The highest BCUT2D eigenvalue weighted by atomic mass is 32.2. The zero-order chi connectivity index (χ0) is 22.7. The Labute approximate surface area is 187 Å². The minimum Gasteiger partial charge on any atom is -0.351 e. The van der Waals surface area contributed by atoms with Gasteiger partial charge in [-0.05, 0) is 31.0 Å². The monoisotopic (exact) mass is 451 g/mol. The fraction of sp³-hybridized carbons (Fsp3) is 0.261. The fourth-order valence-electron chi connectivity index (χ4n) is 3.67. The summed E-state index contributed by atoms with van der Waals surface area (Å²) in [5.74, 6) is 0.506. The third kappa shape index (κ3) is 4.57. The molecule has 0 unspecified atom stereocenters. The summed E-state index contributed by atoms with van der Waals surface area (Å²) < 4.78 is 31.8. The molecule has 2 heterocycles. The summed E-state index contributed by atoms with van der Waals surface area (Å²) in [4.78, 5) is 17.4. The number of benzene rings is 2. The summed E-state index contributed by atoms with van der Waals surface area (Å²) in [7, 11) is -1.89. The van der Waals surface area contributed by atoms with Gasteiger partial charge in [-0.2, -0.15) is 8.42 Å². The Hall–Kier alpha value is -3.46. The summed E-state index contributed by atoms with van der Waals surface area (Å²) in [6.45, 7) is 2.11. The van der Waals surface area contributed by atoms with Crippen LogP contribution in [-0.2, 0) is 34.9 Å². The molecule has 0 atom stereocenters. The van der Waals surface area contributed by atoms with Gasteiger partial charge < -0.3 is 9.88 Å². The molecule has 1 amide bonds. The first-order valence-electron chi connectivity index (χ1n) is 10.4. The van der Waals surface area contributed by atoms with Crippen LogP contribution in [0.4, 0.5) is 0 Å². The van der Waals surface area contributed by atoms with Crippen molar-refractivity contribution in [2.24, 2.45) is 11.4 Å². The maximum absolute atomic E-state index is 12.8. The number of hydrogen-bond donors (Lipinski definition) is 1. The topological polar surface area (TPSA) is 96.7 Å². The van der Waals surface area contributed by atoms with Crippen LogP contribution >= 0.6 is 0 Å². The highest BCUT2D eigenvalue weighted by Crippen LogP contribution is 2.18. The van der Waals surface area contributed by atoms with E-state index >= 15 is 0 Å². The number of nitrogens with one attached hydrogen (secondary N) is 1. The molecular formula is C23H25N5O3S. The Morgan fingerprint density at radius 2 is 1.75 bits per heavy atom. The lowest BCUT2D eigenvalue weighted by atomic mass is 10.1. The zero-order valence-electron chi connectivity index (χ0n) is 18.0. The van der Waals surface area contributed by atoms with E-state index < -0.39 is 10.2 Å². The van der Waals surface area contributed by atoms with E-state index in [-0.39, 0.29) is 23.7 Å². The summed E-state index contributed by atoms with van der Waals surface area (Å²) in [5, 5.41) is 2.86. The number of aryl methyl sites for hydroxylation is 1. The Bertz CT molecular complexity index is 1310. The maximum atomic E-state index is 12.8. The van der Waals surface area contributed by atoms with Crippen molar-refractivity contribution in [2.45, 2.75) is 19.8 Å². The van der Waals surface area contributed by atoms with Crippen LogP contribution in [0, 0.1) is 0 Å². The highest BCUT2D eigenvalue weighted by Gasteiger charge is 2.27. The van der Waals surface area contributed by atoms with Gasteiger partial charge in [-0.15, -0.1) is 4.40 Å². The van der Waals surface area contributed by atoms with Gasteiger partial charge in [-0.1, -0.05) is 42.5 Å². The third-order valence-electron chi connectivity index (χ3n) is 5.43. The molecule has 8 nitrogen and oxygen atoms in total. The molecular weight excluding hydrogens is 426 g/mol. The summed E-state index contributed by atoms with van der Waals surface area (Å²) >= 11 is 0. The lowest BCUT2D eigenvalue weighted by Crippen LogP contribution is -2.37. The van der Waals surface area contributed by atoms with E-state index in [4.69, 9.17) is 0 Å². The average molecular weight is 452 g/mol. The van der Waals surface area contributed by atoms with Crippen molar-refractivity contribution in [3.63, 3.8) is 0 Å². The number of hydrogen-bond acceptors (Lipinski definition) is 4. The zero-order valence-corrected chi connectivity index (χ0v) is 18.8. The van der Waals surface area contributed by atoms with Crippen molar-refractivity contribution in [1.29, 1.82) is 0 Å². The number of nitrogens with zero attached hydrogens (tertiary/aromatic N) is 4. The number of carbonyl (C=O) groups excluding carboxylic acids is 1. The standard InChI is InChI=1S/C23H25N5O3S/c1-17-19(16-28(32(30,31)26-17)15-13-18-8-4-3-5-9-18)23(29)24-14-12-22-25-20-10-6-7-11-21(20)27(22)2/h3-11,16H,12-15H2,1-2H3,(H,24,29). The van der Waals surface area contributed by atoms with Crippen LogP contribution in [0.1, 0.15) is 18.3 Å². The van der Waals surface area contributed by atoms with Crippen molar-refractivity contribution < 1.29 is 13.2 Å². The summed E-state index contributed by atoms with van der Waals surface area (Å²) in [5.41, 5.74) is 3.38. The third-order valence-corrected chi connectivity index (χ3v) is 6.82. The average Bonchev–Trinajstić information content (AvgIpc) is 3.09. The first-order valence-corrected chi connectivity index (χ1v) is 11.8. The lowest BCUT2D eigenvalue weighted by molar-refractivity contribution is -0.117. The molecule has 4 rings (SSSR count). The van der Waals surface area contributed by atoms with E-state index in [2.05, 4.69) is 14.7 Å². The Morgan fingerprint density at radius 3 is 2.50 bits per heavy atom. The first-order chi connectivity index (χ1) is 15.3. The Balaban J connectivity index is 1.42. The highest BCUT2D eigenvalue weighted by molar-refractivity contribution is 7.88. The van der Waals surface area contributed by atoms with E-state index in [1.165, 1.54) is 13.1 Å². The summed E-state index contributed by atoms with van der Waals surface area (Å²) in [6.07, 6.45) is 2.45. The second-order valence-electron chi connectivity index (χ2n) is 7.63. The van der Waals surface area contributed by atoms with Gasteiger partial charge in [-0.3, -0.25) is 9.10 Å². The number of para-hydroxylation sites is 2. The predicted octanol–water partition coefficient (Wildman–Crippen LogP) is 2.38. The van der Waals surface area contributed by atoms with Crippen LogP contribution in [0.2, 0.25) is 0 Å². The number of carbonyl (C=O) groups is 1. The van der Waals surface area contributed by atoms with Crippen LogP contribution in [-0.4, -0.2) is 47.0 Å². The molecule has 1 N–H and O–H groups in total. The van der Waals surface area contributed by atoms with Crippen LogP contribution in [0.25, 0.3) is 11.0 Å². The van der Waals surface area contributed by atoms with Gasteiger partial charge in [0.2, 0.25) is 0 Å². The largest absolute Gasteiger partial charge is 0.351 e. The molecule has 0 aliphatic carbocycles. The van der Waals surface area contributed by atoms with Gasteiger partial charge >= 0.3 is 10.2 Å². The molecule has 0 bridgehead atoms. The van der Waals surface area contributed by atoms with Crippen LogP contribution < -0.4 is 5.32 Å². The van der Waals surface area contributed by atoms with Crippen LogP contribution in [0.15, 0.2) is 70.8 Å². The van der Waals surface area contributed by atoms with Crippen molar-refractivity contribution in [1.82, 2.24) is 19.2 Å². The number of imidazole rings is 1. The molecule has 9 heteroatoms. The van der Waals surface area contributed by atoms with E-state index in [1.807, 2.05) is 66.2 Å². The smallest absolute Gasteiger partial charge is 0.344 e. The fourth-order valence-corrected chi connectivity index (χ4v) is 4.78. The van der Waals surface area contributed by atoms with E-state index in [0.29, 0.717) is 19.4 Å². The molecule has 1 aliphatic rings. The number of rotatable bonds is 7. The van der Waals surface area contributed by atoms with Crippen molar-refractivity contribution in [3.8, 4) is 0 Å². The van der Waals surface area contributed by atoms with Gasteiger partial charge in [0.15, 0.2) is 0 Å². The number of fused-ring (bicyclic) bond motifs is 1. The normalized spacial score (nSPS) is 15.4. The molecule has 2 aromatic carbocycles. The SMILES string of the molecule is CC1=NS(=O)(=O)N(CCc2ccccc2)C=C1C(=O)NCCc1nc2ccccc2n1C. The molecule has 0 radical (unpaired) electrons. The second-order valence-corrected chi connectivity index (χ2v) is 9.17. The Morgan fingerprint density at radius 1 is 1.03 bits per heavy atom. The predicted molar refractivity (Wildman–Crippen MR) is 124 cm³/mol. The van der Waals surface area contributed by atoms with Crippen LogP contribution in [0.5, 0.6) is 0 Å². The first kappa shape index (κ1) is 21.8. The van der Waals surface area contributed by atoms with Gasteiger partial charge in [0.25, 0.3) is 5.91 Å². The molecule has 0 saturated heterocycles. The number of amides is 1. The molecule has 3 aromatic rings. The van der Waals surface area contributed by atoms with Crippen LogP contribution in [0.3, 0.4) is 0 Å². The van der Waals surface area contributed by atoms with E-state index in [1.54, 1.807) is 0 Å². The quantitative estimate of drug-likeness (QED) is 0.596. The van der Waals surface area contributed by atoms with Crippen molar-refractivity contribution >= 4 is 32.9 Å². The summed E-state index contributed by atoms with van der Waals surface area (Å²) in [6, 6.07) is 17.4. The second kappa shape index (κ2) is 8.96. The maximum Gasteiger partial charge on any atom is 0.344 e. The molecule has 0 saturated carbocycles. The Kier molecular flexibility index (Phi) is 6.09. The molecule has 166 valence electrons. The molecule has 32 heavy (non-hydrogen) atoms. The van der Waals surface area contributed by atoms with Gasteiger partial charge in [0.05, 0.1) is 22.3 Å². The van der Waals surface area contributed by atoms with Gasteiger partial charge in [0, 0.05) is 32.8 Å². The molecule has 1 aliphatic heterocycles. The van der Waals surface area contributed by atoms with Gasteiger partial charge in [-0.25, -0.2) is 4.98 Å². The molecule has 0 fully saturated rings. The van der Waals surface area contributed by atoms with E-state index in [9.17, 15) is 13.2 Å². The number of aromatic nitrogens is 2. The van der Waals surface area contributed by atoms with E-state index in [0.717, 1.165) is 26.7 Å².